The quantitative estimate of drug-likeness (QED) is 0.894. The molecule has 1 aromatic carbocycles. The van der Waals surface area contributed by atoms with Crippen LogP contribution in [0.15, 0.2) is 41.1 Å². The summed E-state index contributed by atoms with van der Waals surface area (Å²) >= 11 is 1.73. The number of aryl methyl sites for hydroxylation is 1. The lowest BCUT2D eigenvalue weighted by Crippen LogP contribution is -2.29. The molecule has 2 aromatic rings. The first-order valence-electron chi connectivity index (χ1n) is 6.18. The standard InChI is InChI=1S/C15H20N2S/c1-12-3-5-13(6-4-12)10-17(2)15(9-16)14-7-8-18-11-14/h3-8,11,15H,9-10,16H2,1-2H3. The molecule has 1 heterocycles. The van der Waals surface area contributed by atoms with Crippen molar-refractivity contribution in [2.45, 2.75) is 19.5 Å². The maximum absolute atomic E-state index is 5.91. The number of nitrogens with two attached hydrogens (primary N) is 1. The van der Waals surface area contributed by atoms with Gasteiger partial charge in [-0.25, -0.2) is 0 Å². The Morgan fingerprint density at radius 3 is 2.50 bits per heavy atom. The van der Waals surface area contributed by atoms with Gasteiger partial charge in [-0.1, -0.05) is 29.8 Å². The SMILES string of the molecule is Cc1ccc(CN(C)C(CN)c2ccsc2)cc1. The summed E-state index contributed by atoms with van der Waals surface area (Å²) in [6.07, 6.45) is 0. The Balaban J connectivity index is 2.06. The first kappa shape index (κ1) is 13.3. The Hall–Kier alpha value is -1.16. The van der Waals surface area contributed by atoms with Gasteiger partial charge in [0.05, 0.1) is 0 Å². The van der Waals surface area contributed by atoms with Gasteiger partial charge in [0.1, 0.15) is 0 Å². The molecule has 0 bridgehead atoms. The van der Waals surface area contributed by atoms with Crippen LogP contribution >= 0.6 is 11.3 Å². The van der Waals surface area contributed by atoms with Crippen molar-refractivity contribution in [1.29, 1.82) is 0 Å². The van der Waals surface area contributed by atoms with E-state index in [1.165, 1.54) is 16.7 Å². The number of hydrogen-bond donors (Lipinski definition) is 1. The van der Waals surface area contributed by atoms with Crippen LogP contribution in [-0.4, -0.2) is 18.5 Å². The zero-order valence-electron chi connectivity index (χ0n) is 11.0. The molecule has 0 amide bonds. The molecule has 1 aromatic heterocycles. The minimum atomic E-state index is 0.303. The molecule has 96 valence electrons. The van der Waals surface area contributed by atoms with E-state index in [9.17, 15) is 0 Å². The van der Waals surface area contributed by atoms with Crippen molar-refractivity contribution < 1.29 is 0 Å². The molecule has 0 radical (unpaired) electrons. The highest BCUT2D eigenvalue weighted by Crippen LogP contribution is 2.22. The van der Waals surface area contributed by atoms with Crippen LogP contribution in [0.2, 0.25) is 0 Å². The molecule has 1 atom stereocenters. The van der Waals surface area contributed by atoms with Crippen LogP contribution in [0.3, 0.4) is 0 Å². The van der Waals surface area contributed by atoms with Gasteiger partial charge in [-0.15, -0.1) is 0 Å². The predicted molar refractivity (Wildman–Crippen MR) is 78.8 cm³/mol. The molecule has 0 spiro atoms. The third-order valence-electron chi connectivity index (χ3n) is 3.24. The molecule has 2 rings (SSSR count). The molecule has 0 aliphatic heterocycles. The minimum Gasteiger partial charge on any atom is -0.329 e. The number of hydrogen-bond acceptors (Lipinski definition) is 3. The number of likely N-dealkylation sites (N-methyl/N-ethyl adjacent to an activating group) is 1. The molecule has 18 heavy (non-hydrogen) atoms. The van der Waals surface area contributed by atoms with Crippen LogP contribution in [0, 0.1) is 6.92 Å². The first-order chi connectivity index (χ1) is 8.70. The summed E-state index contributed by atoms with van der Waals surface area (Å²) in [5, 5.41) is 4.29. The number of nitrogens with zero attached hydrogens (tertiary/aromatic N) is 1. The molecule has 0 aliphatic rings. The predicted octanol–water partition coefficient (Wildman–Crippen LogP) is 3.19. The first-order valence-corrected chi connectivity index (χ1v) is 7.13. The maximum Gasteiger partial charge on any atom is 0.0479 e. The molecule has 1 unspecified atom stereocenters. The Labute approximate surface area is 113 Å². The van der Waals surface area contributed by atoms with Crippen LogP contribution in [0.5, 0.6) is 0 Å². The van der Waals surface area contributed by atoms with Crippen molar-refractivity contribution in [3.63, 3.8) is 0 Å². The third-order valence-corrected chi connectivity index (χ3v) is 3.94. The van der Waals surface area contributed by atoms with E-state index < -0.39 is 0 Å². The smallest absolute Gasteiger partial charge is 0.0479 e. The van der Waals surface area contributed by atoms with Crippen molar-refractivity contribution in [3.05, 3.63) is 57.8 Å². The van der Waals surface area contributed by atoms with E-state index in [1.54, 1.807) is 11.3 Å². The molecule has 0 saturated heterocycles. The van der Waals surface area contributed by atoms with Crippen LogP contribution < -0.4 is 5.73 Å². The Morgan fingerprint density at radius 1 is 1.22 bits per heavy atom. The van der Waals surface area contributed by atoms with Crippen molar-refractivity contribution in [2.75, 3.05) is 13.6 Å². The summed E-state index contributed by atoms with van der Waals surface area (Å²) in [6, 6.07) is 11.2. The zero-order valence-corrected chi connectivity index (χ0v) is 11.8. The maximum atomic E-state index is 5.91. The average Bonchev–Trinajstić information content (AvgIpc) is 2.87. The highest BCUT2D eigenvalue weighted by molar-refractivity contribution is 7.07. The van der Waals surface area contributed by atoms with Crippen molar-refractivity contribution in [3.8, 4) is 0 Å². The highest BCUT2D eigenvalue weighted by Gasteiger charge is 2.15. The van der Waals surface area contributed by atoms with Crippen molar-refractivity contribution >= 4 is 11.3 Å². The van der Waals surface area contributed by atoms with E-state index in [0.717, 1.165) is 6.54 Å². The summed E-state index contributed by atoms with van der Waals surface area (Å²) in [6.45, 7) is 3.69. The summed E-state index contributed by atoms with van der Waals surface area (Å²) in [4.78, 5) is 2.31. The molecule has 3 heteroatoms. The Kier molecular flexibility index (Phi) is 4.53. The normalized spacial score (nSPS) is 12.9. The minimum absolute atomic E-state index is 0.303. The summed E-state index contributed by atoms with van der Waals surface area (Å²) < 4.78 is 0. The van der Waals surface area contributed by atoms with Gasteiger partial charge in [-0.05, 0) is 41.9 Å². The monoisotopic (exact) mass is 260 g/mol. The molecular weight excluding hydrogens is 240 g/mol. The molecule has 2 N–H and O–H groups in total. The summed E-state index contributed by atoms with van der Waals surface area (Å²) in [5.41, 5.74) is 9.85. The van der Waals surface area contributed by atoms with Gasteiger partial charge in [0.15, 0.2) is 0 Å². The topological polar surface area (TPSA) is 29.3 Å². The molecular formula is C15H20N2S. The highest BCUT2D eigenvalue weighted by atomic mass is 32.1. The lowest BCUT2D eigenvalue weighted by molar-refractivity contribution is 0.242. The van der Waals surface area contributed by atoms with Gasteiger partial charge >= 0.3 is 0 Å². The van der Waals surface area contributed by atoms with E-state index in [1.807, 2.05) is 0 Å². The van der Waals surface area contributed by atoms with Gasteiger partial charge in [0.25, 0.3) is 0 Å². The molecule has 2 nitrogen and oxygen atoms in total. The van der Waals surface area contributed by atoms with Crippen molar-refractivity contribution in [2.24, 2.45) is 5.73 Å². The Morgan fingerprint density at radius 2 is 1.94 bits per heavy atom. The Bertz CT molecular complexity index is 462. The van der Waals surface area contributed by atoms with Gasteiger partial charge in [0.2, 0.25) is 0 Å². The number of thiophene rings is 1. The van der Waals surface area contributed by atoms with Crippen molar-refractivity contribution in [1.82, 2.24) is 4.90 Å². The fraction of sp³-hybridized carbons (Fsp3) is 0.333. The van der Waals surface area contributed by atoms with E-state index in [-0.39, 0.29) is 0 Å². The van der Waals surface area contributed by atoms with Gasteiger partial charge in [-0.3, -0.25) is 4.90 Å². The lowest BCUT2D eigenvalue weighted by atomic mass is 10.1. The van der Waals surface area contributed by atoms with Gasteiger partial charge in [0, 0.05) is 19.1 Å². The second-order valence-corrected chi connectivity index (χ2v) is 5.49. The second-order valence-electron chi connectivity index (χ2n) is 4.71. The summed E-state index contributed by atoms with van der Waals surface area (Å²) in [7, 11) is 2.13. The zero-order chi connectivity index (χ0) is 13.0. The average molecular weight is 260 g/mol. The second kappa shape index (κ2) is 6.14. The number of rotatable bonds is 5. The van der Waals surface area contributed by atoms with Crippen LogP contribution in [0.1, 0.15) is 22.7 Å². The fourth-order valence-electron chi connectivity index (χ4n) is 2.13. The fourth-order valence-corrected chi connectivity index (χ4v) is 2.83. The van der Waals surface area contributed by atoms with Crippen LogP contribution in [0.4, 0.5) is 0 Å². The van der Waals surface area contributed by atoms with E-state index in [2.05, 4.69) is 60.0 Å². The lowest BCUT2D eigenvalue weighted by Gasteiger charge is -2.26. The molecule has 0 aliphatic carbocycles. The van der Waals surface area contributed by atoms with E-state index in [4.69, 9.17) is 5.73 Å². The molecule has 0 fully saturated rings. The van der Waals surface area contributed by atoms with E-state index in [0.29, 0.717) is 12.6 Å². The third kappa shape index (κ3) is 3.19. The molecule has 0 saturated carbocycles. The van der Waals surface area contributed by atoms with Gasteiger partial charge < -0.3 is 5.73 Å². The van der Waals surface area contributed by atoms with E-state index >= 15 is 0 Å². The van der Waals surface area contributed by atoms with Crippen LogP contribution in [-0.2, 0) is 6.54 Å². The largest absolute Gasteiger partial charge is 0.329 e. The number of benzene rings is 1. The van der Waals surface area contributed by atoms with Gasteiger partial charge in [-0.2, -0.15) is 11.3 Å². The van der Waals surface area contributed by atoms with Crippen LogP contribution in [0.25, 0.3) is 0 Å². The summed E-state index contributed by atoms with van der Waals surface area (Å²) in [5.74, 6) is 0.